The van der Waals surface area contributed by atoms with Crippen molar-refractivity contribution in [1.82, 2.24) is 9.97 Å². The van der Waals surface area contributed by atoms with Gasteiger partial charge in [-0.3, -0.25) is 0 Å². The predicted molar refractivity (Wildman–Crippen MR) is 61.8 cm³/mol. The average molecular weight is 239 g/mol. The second-order valence-electron chi connectivity index (χ2n) is 3.37. The second kappa shape index (κ2) is 4.14. The van der Waals surface area contributed by atoms with Gasteiger partial charge in [0.1, 0.15) is 5.65 Å². The first-order chi connectivity index (χ1) is 7.67. The highest BCUT2D eigenvalue weighted by Gasteiger charge is 2.18. The molecule has 2 heterocycles. The Kier molecular flexibility index (Phi) is 2.83. The van der Waals surface area contributed by atoms with Gasteiger partial charge >= 0.3 is 5.97 Å². The molecule has 0 fully saturated rings. The van der Waals surface area contributed by atoms with E-state index in [1.54, 1.807) is 12.3 Å². The van der Waals surface area contributed by atoms with Crippen LogP contribution in [-0.2, 0) is 11.2 Å². The Balaban J connectivity index is 2.75. The molecule has 0 atom stereocenters. The van der Waals surface area contributed by atoms with Gasteiger partial charge in [0.05, 0.1) is 17.7 Å². The molecule has 84 valence electrons. The fraction of sp³-hybridized carbons (Fsp3) is 0.273. The number of H-pyrrole nitrogens is 1. The van der Waals surface area contributed by atoms with Crippen LogP contribution in [0.2, 0.25) is 5.02 Å². The summed E-state index contributed by atoms with van der Waals surface area (Å²) in [6, 6.07) is 1.71. The van der Waals surface area contributed by atoms with Crippen molar-refractivity contribution in [2.45, 2.75) is 13.3 Å². The van der Waals surface area contributed by atoms with Crippen LogP contribution in [0.1, 0.15) is 23.0 Å². The van der Waals surface area contributed by atoms with E-state index < -0.39 is 0 Å². The lowest BCUT2D eigenvalue weighted by Crippen LogP contribution is -2.03. The number of fused-ring (bicyclic) bond motifs is 1. The third kappa shape index (κ3) is 1.65. The van der Waals surface area contributed by atoms with E-state index in [-0.39, 0.29) is 5.97 Å². The van der Waals surface area contributed by atoms with E-state index in [9.17, 15) is 4.79 Å². The number of carbonyl (C=O) groups is 1. The van der Waals surface area contributed by atoms with Crippen LogP contribution in [0.5, 0.6) is 0 Å². The van der Waals surface area contributed by atoms with Gasteiger partial charge in [-0.15, -0.1) is 0 Å². The fourth-order valence-corrected chi connectivity index (χ4v) is 1.86. The predicted octanol–water partition coefficient (Wildman–Crippen LogP) is 2.57. The molecule has 0 radical (unpaired) electrons. The highest BCUT2D eigenvalue weighted by Crippen LogP contribution is 2.24. The quantitative estimate of drug-likeness (QED) is 0.818. The average Bonchev–Trinajstić information content (AvgIpc) is 2.65. The van der Waals surface area contributed by atoms with Crippen LogP contribution >= 0.6 is 11.6 Å². The van der Waals surface area contributed by atoms with E-state index in [0.717, 1.165) is 5.69 Å². The number of hydrogen-bond acceptors (Lipinski definition) is 3. The molecule has 0 saturated heterocycles. The van der Waals surface area contributed by atoms with Crippen LogP contribution in [-0.4, -0.2) is 23.0 Å². The molecular weight excluding hydrogens is 228 g/mol. The Bertz CT molecular complexity index is 548. The summed E-state index contributed by atoms with van der Waals surface area (Å²) in [4.78, 5) is 18.9. The normalized spacial score (nSPS) is 10.7. The molecule has 0 aliphatic heterocycles. The number of nitrogens with one attached hydrogen (secondary N) is 1. The van der Waals surface area contributed by atoms with Gasteiger partial charge in [0.25, 0.3) is 0 Å². The summed E-state index contributed by atoms with van der Waals surface area (Å²) in [5, 5.41) is 1.20. The molecule has 4 nitrogen and oxygen atoms in total. The number of ether oxygens (including phenoxy) is 1. The summed E-state index contributed by atoms with van der Waals surface area (Å²) in [5.74, 6) is -0.368. The van der Waals surface area contributed by atoms with E-state index in [1.807, 2.05) is 6.92 Å². The number of carbonyl (C=O) groups excluding carboxylic acids is 1. The van der Waals surface area contributed by atoms with Crippen molar-refractivity contribution in [1.29, 1.82) is 0 Å². The van der Waals surface area contributed by atoms with Gasteiger partial charge in [0.15, 0.2) is 0 Å². The van der Waals surface area contributed by atoms with Gasteiger partial charge in [0.2, 0.25) is 0 Å². The molecule has 5 heteroatoms. The van der Waals surface area contributed by atoms with Gasteiger partial charge in [-0.05, 0) is 12.5 Å². The van der Waals surface area contributed by atoms with Crippen molar-refractivity contribution < 1.29 is 9.53 Å². The molecule has 2 aromatic heterocycles. The van der Waals surface area contributed by atoms with E-state index in [4.69, 9.17) is 16.3 Å². The topological polar surface area (TPSA) is 55.0 Å². The monoisotopic (exact) mass is 238 g/mol. The molecule has 0 aromatic carbocycles. The number of aromatic amines is 1. The number of esters is 1. The largest absolute Gasteiger partial charge is 0.465 e. The lowest BCUT2D eigenvalue weighted by molar-refractivity contribution is 0.0602. The van der Waals surface area contributed by atoms with Crippen molar-refractivity contribution in [3.8, 4) is 0 Å². The molecule has 0 aliphatic rings. The molecule has 0 saturated carbocycles. The lowest BCUT2D eigenvalue weighted by atomic mass is 10.1. The maximum absolute atomic E-state index is 11.7. The summed E-state index contributed by atoms with van der Waals surface area (Å²) in [6.45, 7) is 1.96. The number of pyridine rings is 1. The van der Waals surface area contributed by atoms with E-state index in [2.05, 4.69) is 9.97 Å². The van der Waals surface area contributed by atoms with E-state index in [0.29, 0.717) is 28.0 Å². The zero-order chi connectivity index (χ0) is 11.7. The van der Waals surface area contributed by atoms with Crippen LogP contribution < -0.4 is 0 Å². The van der Waals surface area contributed by atoms with Gasteiger partial charge in [-0.2, -0.15) is 0 Å². The molecule has 16 heavy (non-hydrogen) atoms. The zero-order valence-electron chi connectivity index (χ0n) is 9.00. The van der Waals surface area contributed by atoms with Crippen molar-refractivity contribution >= 4 is 28.6 Å². The van der Waals surface area contributed by atoms with Crippen LogP contribution in [0.15, 0.2) is 12.3 Å². The minimum Gasteiger partial charge on any atom is -0.465 e. The number of aromatic nitrogens is 2. The lowest BCUT2D eigenvalue weighted by Gasteiger charge is -1.99. The van der Waals surface area contributed by atoms with E-state index >= 15 is 0 Å². The van der Waals surface area contributed by atoms with E-state index in [1.165, 1.54) is 7.11 Å². The second-order valence-corrected chi connectivity index (χ2v) is 3.81. The van der Waals surface area contributed by atoms with Crippen LogP contribution in [0.25, 0.3) is 11.0 Å². The molecule has 0 unspecified atom stereocenters. The summed E-state index contributed by atoms with van der Waals surface area (Å²) in [5.41, 5.74) is 1.99. The molecular formula is C11H11ClN2O2. The third-order valence-corrected chi connectivity index (χ3v) is 2.64. The number of rotatable bonds is 2. The van der Waals surface area contributed by atoms with Crippen LogP contribution in [0.4, 0.5) is 0 Å². The van der Waals surface area contributed by atoms with Crippen LogP contribution in [0, 0.1) is 0 Å². The highest BCUT2D eigenvalue weighted by molar-refractivity contribution is 6.31. The maximum atomic E-state index is 11.7. The molecule has 2 rings (SSSR count). The number of methoxy groups -OCH3 is 1. The minimum atomic E-state index is -0.368. The Hall–Kier alpha value is -1.55. The fourth-order valence-electron chi connectivity index (χ4n) is 1.70. The smallest absolute Gasteiger partial charge is 0.340 e. The number of aryl methyl sites for hydroxylation is 1. The first kappa shape index (κ1) is 11.0. The SMILES string of the molecule is CCc1[nH]c2ncc(Cl)cc2c1C(=O)OC. The van der Waals surface area contributed by atoms with Gasteiger partial charge < -0.3 is 9.72 Å². The zero-order valence-corrected chi connectivity index (χ0v) is 9.76. The third-order valence-electron chi connectivity index (χ3n) is 2.44. The minimum absolute atomic E-state index is 0.368. The molecule has 0 amide bonds. The van der Waals surface area contributed by atoms with Crippen molar-refractivity contribution in [2.75, 3.05) is 7.11 Å². The number of nitrogens with zero attached hydrogens (tertiary/aromatic N) is 1. The van der Waals surface area contributed by atoms with Gasteiger partial charge in [-0.1, -0.05) is 18.5 Å². The molecule has 0 bridgehead atoms. The Morgan fingerprint density at radius 2 is 2.38 bits per heavy atom. The Labute approximate surface area is 97.6 Å². The summed E-state index contributed by atoms with van der Waals surface area (Å²) in [7, 11) is 1.36. The molecule has 0 spiro atoms. The Morgan fingerprint density at radius 1 is 1.62 bits per heavy atom. The van der Waals surface area contributed by atoms with Crippen molar-refractivity contribution in [2.24, 2.45) is 0 Å². The number of halogens is 1. The Morgan fingerprint density at radius 3 is 3.00 bits per heavy atom. The maximum Gasteiger partial charge on any atom is 0.340 e. The standard InChI is InChI=1S/C11H11ClN2O2/c1-3-8-9(11(15)16-2)7-4-6(12)5-13-10(7)14-8/h4-5H,3H2,1-2H3,(H,13,14). The highest BCUT2D eigenvalue weighted by atomic mass is 35.5. The molecule has 1 N–H and O–H groups in total. The molecule has 2 aromatic rings. The van der Waals surface area contributed by atoms with Gasteiger partial charge in [-0.25, -0.2) is 9.78 Å². The summed E-state index contributed by atoms with van der Waals surface area (Å²) < 4.78 is 4.76. The van der Waals surface area contributed by atoms with Crippen molar-refractivity contribution in [3.63, 3.8) is 0 Å². The van der Waals surface area contributed by atoms with Crippen molar-refractivity contribution in [3.05, 3.63) is 28.5 Å². The van der Waals surface area contributed by atoms with Gasteiger partial charge in [0, 0.05) is 17.3 Å². The first-order valence-corrected chi connectivity index (χ1v) is 5.29. The number of hydrogen-bond donors (Lipinski definition) is 1. The summed E-state index contributed by atoms with van der Waals surface area (Å²) in [6.07, 6.45) is 2.25. The molecule has 0 aliphatic carbocycles. The van der Waals surface area contributed by atoms with Crippen LogP contribution in [0.3, 0.4) is 0 Å². The first-order valence-electron chi connectivity index (χ1n) is 4.91. The summed E-state index contributed by atoms with van der Waals surface area (Å²) >= 11 is 5.86.